The minimum Gasteiger partial charge on any atom is -0.480 e. The maximum absolute atomic E-state index is 12.8. The fourth-order valence-electron chi connectivity index (χ4n) is 10.9. The van der Waals surface area contributed by atoms with Crippen LogP contribution in [0.2, 0.25) is 0 Å². The van der Waals surface area contributed by atoms with E-state index in [9.17, 15) is 34.5 Å². The molecule has 4 saturated carbocycles. The summed E-state index contributed by atoms with van der Waals surface area (Å²) in [5, 5.41) is 35.7. The van der Waals surface area contributed by atoms with E-state index in [-0.39, 0.29) is 66.6 Å². The molecule has 10 atom stereocenters. The number of esters is 2. The van der Waals surface area contributed by atoms with Crippen molar-refractivity contribution in [3.63, 3.8) is 0 Å². The summed E-state index contributed by atoms with van der Waals surface area (Å²) >= 11 is 0. The molecule has 0 aromatic heterocycles. The summed E-state index contributed by atoms with van der Waals surface area (Å²) in [5.41, 5.74) is 9.89. The van der Waals surface area contributed by atoms with E-state index in [0.29, 0.717) is 44.1 Å². The van der Waals surface area contributed by atoms with Gasteiger partial charge in [0.2, 0.25) is 5.91 Å². The van der Waals surface area contributed by atoms with Gasteiger partial charge in [-0.3, -0.25) is 14.6 Å². The van der Waals surface area contributed by atoms with Crippen molar-refractivity contribution in [1.29, 1.82) is 0 Å². The maximum atomic E-state index is 12.8. The molecule has 286 valence electrons. The molecule has 1 aliphatic heterocycles. The Hall–Kier alpha value is -3.19. The Morgan fingerprint density at radius 1 is 1.02 bits per heavy atom. The van der Waals surface area contributed by atoms with E-state index in [2.05, 4.69) is 24.2 Å². The van der Waals surface area contributed by atoms with Crippen LogP contribution in [-0.2, 0) is 28.7 Å². The normalized spacial score (nSPS) is 36.1. The number of carbonyl (C=O) groups is 4. The molecule has 4 aliphatic carbocycles. The third-order valence-corrected chi connectivity index (χ3v) is 13.6. The van der Waals surface area contributed by atoms with E-state index < -0.39 is 29.1 Å². The summed E-state index contributed by atoms with van der Waals surface area (Å²) in [6.07, 6.45) is 12.5. The highest BCUT2D eigenvalue weighted by molar-refractivity contribution is 5.85. The van der Waals surface area contributed by atoms with Crippen molar-refractivity contribution in [2.24, 2.45) is 51.0 Å². The number of nitrogens with one attached hydrogen (secondary N) is 1. The standard InChI is InChI=1S/C38H60N4O9/c1-36-16-14-25(51-31(45)11-7-5-3-4-6-10-30(44)42-28(34(47)48)9-8-18-41-35(39)40)20-24(36)12-13-27-26(36)15-17-37(2)33(23-19-32(46)50-22-23)29(43)21-38(27,37)49/h19,24-29,33,43,49H,3-18,20-22H2,1-2H3,(H,42,44)(H,47,48)(H4,39,40,41)/t24-,25+,26+,27-,28+,29+,33+,36+,37-,38+/m1/s1. The predicted molar refractivity (Wildman–Crippen MR) is 189 cm³/mol. The first-order chi connectivity index (χ1) is 24.2. The molecule has 0 bridgehead atoms. The highest BCUT2D eigenvalue weighted by Gasteiger charge is 2.70. The number of carboxylic acid groups (broad SMARTS) is 1. The number of hydrogen-bond acceptors (Lipinski definition) is 9. The van der Waals surface area contributed by atoms with Gasteiger partial charge in [0.05, 0.1) is 11.7 Å². The number of carboxylic acids is 1. The number of hydrogen-bond donors (Lipinski definition) is 6. The molecule has 51 heavy (non-hydrogen) atoms. The number of unbranched alkanes of at least 4 members (excludes halogenated alkanes) is 4. The number of nitrogens with two attached hydrogens (primary N) is 2. The molecule has 0 unspecified atom stereocenters. The number of carbonyl (C=O) groups excluding carboxylic acids is 3. The molecule has 4 fully saturated rings. The van der Waals surface area contributed by atoms with Crippen LogP contribution < -0.4 is 16.8 Å². The summed E-state index contributed by atoms with van der Waals surface area (Å²) in [5.74, 6) is -1.40. The van der Waals surface area contributed by atoms with Crippen molar-refractivity contribution >= 4 is 29.8 Å². The minimum atomic E-state index is -1.08. The van der Waals surface area contributed by atoms with Crippen LogP contribution in [-0.4, -0.2) is 82.1 Å². The van der Waals surface area contributed by atoms with Gasteiger partial charge in [0.25, 0.3) is 0 Å². The third kappa shape index (κ3) is 8.40. The van der Waals surface area contributed by atoms with Gasteiger partial charge in [0.1, 0.15) is 18.8 Å². The van der Waals surface area contributed by atoms with Gasteiger partial charge in [0.15, 0.2) is 5.96 Å². The Balaban J connectivity index is 1.00. The van der Waals surface area contributed by atoms with Crippen LogP contribution in [0.25, 0.3) is 0 Å². The molecule has 8 N–H and O–H groups in total. The van der Waals surface area contributed by atoms with Gasteiger partial charge in [-0.2, -0.15) is 0 Å². The second-order valence-electron chi connectivity index (χ2n) is 16.5. The molecule has 5 aliphatic rings. The van der Waals surface area contributed by atoms with E-state index >= 15 is 0 Å². The van der Waals surface area contributed by atoms with Gasteiger partial charge in [-0.25, -0.2) is 9.59 Å². The molecule has 1 amide bonds. The molecule has 0 spiro atoms. The predicted octanol–water partition coefficient (Wildman–Crippen LogP) is 3.48. The van der Waals surface area contributed by atoms with E-state index in [1.54, 1.807) is 0 Å². The van der Waals surface area contributed by atoms with E-state index in [1.807, 2.05) is 0 Å². The lowest BCUT2D eigenvalue weighted by atomic mass is 9.43. The fourth-order valence-corrected chi connectivity index (χ4v) is 10.9. The van der Waals surface area contributed by atoms with Crippen LogP contribution >= 0.6 is 0 Å². The van der Waals surface area contributed by atoms with Gasteiger partial charge in [-0.1, -0.05) is 33.1 Å². The van der Waals surface area contributed by atoms with Gasteiger partial charge >= 0.3 is 17.9 Å². The van der Waals surface area contributed by atoms with E-state index in [1.165, 1.54) is 6.08 Å². The van der Waals surface area contributed by atoms with Crippen LogP contribution in [0.1, 0.15) is 123 Å². The van der Waals surface area contributed by atoms with Crippen LogP contribution in [0.3, 0.4) is 0 Å². The zero-order chi connectivity index (χ0) is 37.0. The van der Waals surface area contributed by atoms with Gasteiger partial charge in [0, 0.05) is 43.2 Å². The van der Waals surface area contributed by atoms with Crippen molar-refractivity contribution in [3.05, 3.63) is 11.6 Å². The number of amides is 1. The molecule has 0 saturated heterocycles. The number of cyclic esters (lactones) is 1. The SMILES string of the molecule is C[C@]12CC[C@H](OC(=O)CCCCCCCC(=O)N[C@@H](CCCN=C(N)N)C(=O)O)C[C@H]1CC[C@@H]1[C@@H]2CC[C@]2(C)[C@@H](C3=CC(=O)OC3)[C@@H](O)C[C@]12O. The van der Waals surface area contributed by atoms with Gasteiger partial charge in [-0.15, -0.1) is 0 Å². The number of aliphatic imine (C=N–C) groups is 1. The molecule has 1 heterocycles. The monoisotopic (exact) mass is 716 g/mol. The van der Waals surface area contributed by atoms with Gasteiger partial charge in [-0.05, 0) is 99.4 Å². The number of aliphatic carboxylic acids is 1. The first kappa shape index (κ1) is 39.0. The summed E-state index contributed by atoms with van der Waals surface area (Å²) in [6, 6.07) is -0.970. The average molecular weight is 717 g/mol. The number of rotatable bonds is 16. The molecule has 13 heteroatoms. The minimum absolute atomic E-state index is 0.0393. The van der Waals surface area contributed by atoms with Crippen molar-refractivity contribution < 1.29 is 44.0 Å². The fraction of sp³-hybridized carbons (Fsp3) is 0.816. The molecule has 13 nitrogen and oxygen atoms in total. The highest BCUT2D eigenvalue weighted by atomic mass is 16.5. The van der Waals surface area contributed by atoms with E-state index in [0.717, 1.165) is 76.2 Å². The first-order valence-electron chi connectivity index (χ1n) is 19.2. The maximum Gasteiger partial charge on any atom is 0.331 e. The Bertz CT molecular complexity index is 1370. The lowest BCUT2D eigenvalue weighted by molar-refractivity contribution is -0.210. The number of guanidine groups is 1. The lowest BCUT2D eigenvalue weighted by Crippen LogP contribution is -2.62. The second kappa shape index (κ2) is 16.2. The van der Waals surface area contributed by atoms with Gasteiger partial charge < -0.3 is 41.6 Å². The zero-order valence-electron chi connectivity index (χ0n) is 30.4. The lowest BCUT2D eigenvalue weighted by Gasteiger charge is -2.63. The van der Waals surface area contributed by atoms with Crippen LogP contribution in [0.5, 0.6) is 0 Å². The van der Waals surface area contributed by atoms with Crippen molar-refractivity contribution in [1.82, 2.24) is 5.32 Å². The Morgan fingerprint density at radius 2 is 1.75 bits per heavy atom. The zero-order valence-corrected chi connectivity index (χ0v) is 30.4. The number of ether oxygens (including phenoxy) is 2. The van der Waals surface area contributed by atoms with Crippen molar-refractivity contribution in [3.8, 4) is 0 Å². The second-order valence-corrected chi connectivity index (χ2v) is 16.5. The molecular weight excluding hydrogens is 656 g/mol. The Labute approximate surface area is 301 Å². The quantitative estimate of drug-likeness (QED) is 0.0587. The Morgan fingerprint density at radius 3 is 2.43 bits per heavy atom. The number of aliphatic hydroxyl groups excluding tert-OH is 1. The average Bonchev–Trinajstić information content (AvgIpc) is 3.57. The van der Waals surface area contributed by atoms with Crippen LogP contribution in [0.15, 0.2) is 16.6 Å². The summed E-state index contributed by atoms with van der Waals surface area (Å²) in [4.78, 5) is 52.2. The van der Waals surface area contributed by atoms with Crippen molar-refractivity contribution in [2.75, 3.05) is 13.2 Å². The highest BCUT2D eigenvalue weighted by Crippen LogP contribution is 2.70. The largest absolute Gasteiger partial charge is 0.480 e. The summed E-state index contributed by atoms with van der Waals surface area (Å²) in [6.45, 7) is 4.99. The number of fused-ring (bicyclic) bond motifs is 5. The van der Waals surface area contributed by atoms with Crippen molar-refractivity contribution in [2.45, 2.75) is 147 Å². The van der Waals surface area contributed by atoms with Crippen LogP contribution in [0.4, 0.5) is 0 Å². The molecule has 0 radical (unpaired) electrons. The first-order valence-corrected chi connectivity index (χ1v) is 19.2. The molecular formula is C38H60N4O9. The van der Waals surface area contributed by atoms with E-state index in [4.69, 9.17) is 20.9 Å². The summed E-state index contributed by atoms with van der Waals surface area (Å²) in [7, 11) is 0. The van der Waals surface area contributed by atoms with Crippen LogP contribution in [0, 0.1) is 34.5 Å². The summed E-state index contributed by atoms with van der Waals surface area (Å²) < 4.78 is 11.2. The number of nitrogens with zero attached hydrogens (tertiary/aromatic N) is 1. The molecule has 0 aromatic rings. The topological polar surface area (TPSA) is 224 Å². The molecule has 5 rings (SSSR count). The third-order valence-electron chi connectivity index (χ3n) is 13.6. The smallest absolute Gasteiger partial charge is 0.331 e. The number of aliphatic hydroxyl groups is 2. The molecule has 0 aromatic carbocycles. The Kier molecular flexibility index (Phi) is 12.4.